The van der Waals surface area contributed by atoms with E-state index in [0.29, 0.717) is 24.5 Å². The lowest BCUT2D eigenvalue weighted by atomic mass is 9.90. The van der Waals surface area contributed by atoms with Crippen LogP contribution in [0.25, 0.3) is 22.2 Å². The van der Waals surface area contributed by atoms with Crippen LogP contribution in [0.15, 0.2) is 91.9 Å². The zero-order chi connectivity index (χ0) is 26.6. The maximum atomic E-state index is 6.41. The number of rotatable bonds is 8. The Morgan fingerprint density at radius 1 is 0.846 bits per heavy atom. The van der Waals surface area contributed by atoms with Gasteiger partial charge < -0.3 is 29.6 Å². The van der Waals surface area contributed by atoms with Crippen LogP contribution in [0.1, 0.15) is 31.7 Å². The minimum absolute atomic E-state index is 0.364. The summed E-state index contributed by atoms with van der Waals surface area (Å²) < 4.78 is 13.5. The van der Waals surface area contributed by atoms with Gasteiger partial charge in [0.1, 0.15) is 29.3 Å². The summed E-state index contributed by atoms with van der Waals surface area (Å²) in [6, 6.07) is 18.8. The third-order valence-electron chi connectivity index (χ3n) is 7.68. The van der Waals surface area contributed by atoms with Gasteiger partial charge in [-0.2, -0.15) is 0 Å². The van der Waals surface area contributed by atoms with Crippen molar-refractivity contribution in [2.45, 2.75) is 37.8 Å². The molecule has 0 bridgehead atoms. The van der Waals surface area contributed by atoms with Gasteiger partial charge in [0, 0.05) is 62.3 Å². The van der Waals surface area contributed by atoms with Crippen LogP contribution in [0.5, 0.6) is 11.5 Å². The van der Waals surface area contributed by atoms with E-state index in [9.17, 15) is 0 Å². The molecule has 1 aliphatic heterocycles. The predicted molar refractivity (Wildman–Crippen MR) is 154 cm³/mol. The Bertz CT molecular complexity index is 1440. The summed E-state index contributed by atoms with van der Waals surface area (Å²) in [5, 5.41) is 0.911. The fourth-order valence-corrected chi connectivity index (χ4v) is 5.58. The van der Waals surface area contributed by atoms with Crippen molar-refractivity contribution >= 4 is 16.9 Å². The van der Waals surface area contributed by atoms with Crippen LogP contribution in [0.4, 0.5) is 5.82 Å². The van der Waals surface area contributed by atoms with Gasteiger partial charge in [0.25, 0.3) is 0 Å². The van der Waals surface area contributed by atoms with Gasteiger partial charge in [-0.1, -0.05) is 30.3 Å². The van der Waals surface area contributed by atoms with Crippen molar-refractivity contribution in [3.63, 3.8) is 0 Å². The Hall–Kier alpha value is -4.30. The molecule has 2 aliphatic rings. The molecule has 1 fully saturated rings. The zero-order valence-electron chi connectivity index (χ0n) is 22.2. The van der Waals surface area contributed by atoms with Crippen LogP contribution in [-0.2, 0) is 4.74 Å². The number of aromatic nitrogens is 3. The molecule has 0 amide bonds. The molecule has 0 radical (unpaired) electrons. The first-order chi connectivity index (χ1) is 19.2. The second-order valence-electron chi connectivity index (χ2n) is 10.1. The Balaban J connectivity index is 1.19. The van der Waals surface area contributed by atoms with Gasteiger partial charge in [0.05, 0.1) is 12.0 Å². The number of nitrogens with two attached hydrogens (primary N) is 1. The second kappa shape index (κ2) is 11.2. The average molecular weight is 523 g/mol. The van der Waals surface area contributed by atoms with Crippen LogP contribution in [-0.4, -0.2) is 50.6 Å². The summed E-state index contributed by atoms with van der Waals surface area (Å²) in [6.07, 6.45) is 16.8. The van der Waals surface area contributed by atoms with E-state index in [-0.39, 0.29) is 0 Å². The lowest BCUT2D eigenvalue weighted by molar-refractivity contribution is 0.177. The number of nitrogens with zero attached hydrogens (tertiary/aromatic N) is 5. The van der Waals surface area contributed by atoms with Gasteiger partial charge >= 0.3 is 0 Å². The summed E-state index contributed by atoms with van der Waals surface area (Å²) in [5.74, 6) is 2.11. The van der Waals surface area contributed by atoms with Gasteiger partial charge in [-0.25, -0.2) is 9.97 Å². The molecule has 8 heteroatoms. The van der Waals surface area contributed by atoms with Crippen molar-refractivity contribution < 1.29 is 9.47 Å². The van der Waals surface area contributed by atoms with Crippen molar-refractivity contribution in [2.75, 3.05) is 26.0 Å². The monoisotopic (exact) mass is 522 g/mol. The van der Waals surface area contributed by atoms with Gasteiger partial charge in [-0.05, 0) is 55.5 Å². The number of hydrogen-bond donors (Lipinski definition) is 1. The Kier molecular flexibility index (Phi) is 7.19. The van der Waals surface area contributed by atoms with Crippen molar-refractivity contribution in [3.8, 4) is 22.6 Å². The van der Waals surface area contributed by atoms with Crippen LogP contribution in [0, 0.1) is 0 Å². The third kappa shape index (κ3) is 5.33. The fourth-order valence-electron chi connectivity index (χ4n) is 5.58. The molecular weight excluding hydrogens is 488 g/mol. The number of anilines is 1. The molecule has 0 saturated heterocycles. The lowest BCUT2D eigenvalue weighted by Crippen LogP contribution is -2.34. The van der Waals surface area contributed by atoms with Crippen LogP contribution >= 0.6 is 0 Å². The van der Waals surface area contributed by atoms with Gasteiger partial charge in [-0.3, -0.25) is 0 Å². The van der Waals surface area contributed by atoms with Crippen LogP contribution in [0.2, 0.25) is 0 Å². The Morgan fingerprint density at radius 3 is 2.26 bits per heavy atom. The minimum Gasteiger partial charge on any atom is -0.457 e. The molecule has 2 aromatic heterocycles. The molecule has 6 rings (SSSR count). The molecule has 0 unspecified atom stereocenters. The lowest BCUT2D eigenvalue weighted by Gasteiger charge is -2.37. The topological polar surface area (TPSA) is 81.7 Å². The standard InChI is InChI=1S/C31H34N6O2/c1-38-20-19-35-15-17-36(18-16-35)24-9-11-25(12-10-24)37-21-28(29-30(32)33-22-34-31(29)37)23-7-13-27(14-8-23)39-26-5-3-2-4-6-26/h2-8,13-18,21-22,24-25H,9-12,19-20H2,1H3,(H2,32,33,34)/t24-,25-. The number of fused-ring (bicyclic) bond motifs is 1. The Labute approximate surface area is 229 Å². The third-order valence-corrected chi connectivity index (χ3v) is 7.68. The molecule has 2 N–H and O–H groups in total. The van der Waals surface area contributed by atoms with Crippen molar-refractivity contribution in [1.29, 1.82) is 0 Å². The highest BCUT2D eigenvalue weighted by Crippen LogP contribution is 2.39. The van der Waals surface area contributed by atoms with Crippen LogP contribution in [0.3, 0.4) is 0 Å². The van der Waals surface area contributed by atoms with Gasteiger partial charge in [0.15, 0.2) is 0 Å². The van der Waals surface area contributed by atoms with E-state index in [1.54, 1.807) is 13.4 Å². The van der Waals surface area contributed by atoms with Gasteiger partial charge in [0.2, 0.25) is 0 Å². The number of nitrogen functional groups attached to an aromatic ring is 1. The molecule has 1 aliphatic carbocycles. The summed E-state index contributed by atoms with van der Waals surface area (Å²) >= 11 is 0. The molecule has 2 aromatic carbocycles. The first-order valence-electron chi connectivity index (χ1n) is 13.5. The number of ether oxygens (including phenoxy) is 2. The van der Waals surface area contributed by atoms with E-state index in [1.807, 2.05) is 42.5 Å². The van der Waals surface area contributed by atoms with Gasteiger partial charge in [-0.15, -0.1) is 0 Å². The van der Waals surface area contributed by atoms with E-state index < -0.39 is 0 Å². The van der Waals surface area contributed by atoms with Crippen molar-refractivity contribution in [2.24, 2.45) is 0 Å². The maximum absolute atomic E-state index is 6.41. The fraction of sp³-hybridized carbons (Fsp3) is 0.290. The summed E-state index contributed by atoms with van der Waals surface area (Å²) in [7, 11) is 1.73. The summed E-state index contributed by atoms with van der Waals surface area (Å²) in [4.78, 5) is 13.5. The molecule has 3 heterocycles. The molecule has 200 valence electrons. The number of benzene rings is 2. The number of para-hydroxylation sites is 1. The minimum atomic E-state index is 0.364. The van der Waals surface area contributed by atoms with E-state index in [4.69, 9.17) is 15.2 Å². The molecule has 0 atom stereocenters. The SMILES string of the molecule is COCCN1C=CN([C@H]2CC[C@H](n3cc(-c4ccc(Oc5ccccc5)cc4)c4c(N)ncnc43)CC2)C=C1. The number of methoxy groups -OCH3 is 1. The quantitative estimate of drug-likeness (QED) is 0.297. The van der Waals surface area contributed by atoms with Crippen molar-refractivity contribution in [3.05, 3.63) is 91.9 Å². The smallest absolute Gasteiger partial charge is 0.146 e. The van der Waals surface area contributed by atoms with E-state index in [0.717, 1.165) is 65.9 Å². The molecule has 0 spiro atoms. The molecule has 39 heavy (non-hydrogen) atoms. The predicted octanol–water partition coefficient (Wildman–Crippen LogP) is 6.16. The molecular formula is C31H34N6O2. The molecule has 8 nitrogen and oxygen atoms in total. The van der Waals surface area contributed by atoms with E-state index in [2.05, 4.69) is 67.5 Å². The highest BCUT2D eigenvalue weighted by atomic mass is 16.5. The van der Waals surface area contributed by atoms with Crippen molar-refractivity contribution in [1.82, 2.24) is 24.3 Å². The summed E-state index contributed by atoms with van der Waals surface area (Å²) in [6.45, 7) is 1.58. The highest BCUT2D eigenvalue weighted by molar-refractivity contribution is 6.00. The number of hydrogen-bond acceptors (Lipinski definition) is 7. The Morgan fingerprint density at radius 2 is 1.54 bits per heavy atom. The van der Waals surface area contributed by atoms with E-state index in [1.165, 1.54) is 0 Å². The maximum Gasteiger partial charge on any atom is 0.146 e. The largest absolute Gasteiger partial charge is 0.457 e. The first-order valence-corrected chi connectivity index (χ1v) is 13.5. The highest BCUT2D eigenvalue weighted by Gasteiger charge is 2.28. The first kappa shape index (κ1) is 25.0. The zero-order valence-corrected chi connectivity index (χ0v) is 22.2. The molecule has 1 saturated carbocycles. The normalized spacial score (nSPS) is 19.1. The van der Waals surface area contributed by atoms with Crippen LogP contribution < -0.4 is 10.5 Å². The second-order valence-corrected chi connectivity index (χ2v) is 10.1. The van der Waals surface area contributed by atoms with E-state index >= 15 is 0 Å². The summed E-state index contributed by atoms with van der Waals surface area (Å²) in [5.41, 5.74) is 9.42. The average Bonchev–Trinajstić information content (AvgIpc) is 3.38. The molecule has 4 aromatic rings.